The van der Waals surface area contributed by atoms with E-state index in [2.05, 4.69) is 6.92 Å². The third-order valence-corrected chi connectivity index (χ3v) is 4.56. The average molecular weight is 358 g/mol. The maximum Gasteiger partial charge on any atom is 0.320 e. The number of aliphatic carboxylic acids is 1. The highest BCUT2D eigenvalue weighted by molar-refractivity contribution is 5.71. The van der Waals surface area contributed by atoms with Crippen molar-refractivity contribution in [2.24, 2.45) is 11.7 Å². The van der Waals surface area contributed by atoms with Crippen molar-refractivity contribution in [2.75, 3.05) is 6.54 Å². The van der Waals surface area contributed by atoms with Crippen molar-refractivity contribution in [2.45, 2.75) is 103 Å². The molecule has 5 nitrogen and oxygen atoms in total. The summed E-state index contributed by atoms with van der Waals surface area (Å²) in [7, 11) is 0. The molecule has 0 aliphatic rings. The number of rotatable bonds is 16. The van der Waals surface area contributed by atoms with Crippen molar-refractivity contribution < 1.29 is 19.4 Å². The van der Waals surface area contributed by atoms with Crippen molar-refractivity contribution in [1.29, 1.82) is 0 Å². The van der Waals surface area contributed by atoms with Crippen LogP contribution in [0.3, 0.4) is 0 Å². The minimum absolute atomic E-state index is 0.0752. The van der Waals surface area contributed by atoms with E-state index in [9.17, 15) is 9.59 Å². The summed E-state index contributed by atoms with van der Waals surface area (Å²) in [6.07, 6.45) is 12.3. The number of ether oxygens (including phenoxy) is 1. The smallest absolute Gasteiger partial charge is 0.320 e. The standard InChI is InChI=1S/C20H39NO4/c1-4-5-6-9-12-17(13-10-7-8-11-14-18(22)23)15-20(2,3)25-19(24)16-21/h17H,4-16,21H2,1-3H3,(H,22,23). The van der Waals surface area contributed by atoms with E-state index in [1.807, 2.05) is 13.8 Å². The maximum absolute atomic E-state index is 11.5. The minimum Gasteiger partial charge on any atom is -0.481 e. The average Bonchev–Trinajstić information content (AvgIpc) is 2.53. The summed E-state index contributed by atoms with van der Waals surface area (Å²) >= 11 is 0. The normalized spacial score (nSPS) is 12.8. The Labute approximate surface area is 153 Å². The quantitative estimate of drug-likeness (QED) is 0.309. The van der Waals surface area contributed by atoms with E-state index >= 15 is 0 Å². The molecule has 0 saturated heterocycles. The van der Waals surface area contributed by atoms with Gasteiger partial charge >= 0.3 is 11.9 Å². The van der Waals surface area contributed by atoms with E-state index in [0.29, 0.717) is 5.92 Å². The molecule has 0 spiro atoms. The topological polar surface area (TPSA) is 89.6 Å². The summed E-state index contributed by atoms with van der Waals surface area (Å²) < 4.78 is 5.49. The summed E-state index contributed by atoms with van der Waals surface area (Å²) in [5.41, 5.74) is 4.88. The molecule has 0 bridgehead atoms. The van der Waals surface area contributed by atoms with E-state index < -0.39 is 11.6 Å². The lowest BCUT2D eigenvalue weighted by atomic mass is 9.85. The van der Waals surface area contributed by atoms with E-state index in [0.717, 1.165) is 38.5 Å². The molecular formula is C20H39NO4. The predicted molar refractivity (Wildman–Crippen MR) is 101 cm³/mol. The van der Waals surface area contributed by atoms with Gasteiger partial charge in [-0.25, -0.2) is 0 Å². The Balaban J connectivity index is 4.29. The number of esters is 1. The molecule has 1 unspecified atom stereocenters. The zero-order valence-electron chi connectivity index (χ0n) is 16.5. The van der Waals surface area contributed by atoms with E-state index in [-0.39, 0.29) is 18.9 Å². The van der Waals surface area contributed by atoms with Crippen LogP contribution in [-0.2, 0) is 14.3 Å². The number of hydrogen-bond donors (Lipinski definition) is 2. The molecule has 0 amide bonds. The van der Waals surface area contributed by atoms with Gasteiger partial charge in [0.1, 0.15) is 5.60 Å². The van der Waals surface area contributed by atoms with Crippen molar-refractivity contribution in [3.05, 3.63) is 0 Å². The third-order valence-electron chi connectivity index (χ3n) is 4.56. The number of nitrogens with two attached hydrogens (primary N) is 1. The van der Waals surface area contributed by atoms with Crippen LogP contribution in [0, 0.1) is 5.92 Å². The second-order valence-corrected chi connectivity index (χ2v) is 7.70. The Kier molecular flexibility index (Phi) is 13.5. The van der Waals surface area contributed by atoms with Crippen LogP contribution in [0.15, 0.2) is 0 Å². The zero-order valence-corrected chi connectivity index (χ0v) is 16.5. The highest BCUT2D eigenvalue weighted by atomic mass is 16.6. The monoisotopic (exact) mass is 357 g/mol. The molecule has 3 N–H and O–H groups in total. The van der Waals surface area contributed by atoms with Crippen LogP contribution in [0.1, 0.15) is 97.8 Å². The van der Waals surface area contributed by atoms with Gasteiger partial charge < -0.3 is 15.6 Å². The molecule has 0 aromatic heterocycles. The fraction of sp³-hybridized carbons (Fsp3) is 0.900. The first-order chi connectivity index (χ1) is 11.8. The van der Waals surface area contributed by atoms with Gasteiger partial charge in [0, 0.05) is 6.42 Å². The highest BCUT2D eigenvalue weighted by Crippen LogP contribution is 2.29. The molecule has 0 aliphatic heterocycles. The second kappa shape index (κ2) is 14.1. The van der Waals surface area contributed by atoms with Gasteiger partial charge in [0.25, 0.3) is 0 Å². The lowest BCUT2D eigenvalue weighted by molar-refractivity contribution is -0.156. The SMILES string of the molecule is CCCCCCC(CCCCCCC(=O)O)CC(C)(C)OC(=O)CN. The van der Waals surface area contributed by atoms with Crippen LogP contribution in [0.5, 0.6) is 0 Å². The third kappa shape index (κ3) is 14.9. The molecule has 0 heterocycles. The maximum atomic E-state index is 11.5. The van der Waals surface area contributed by atoms with Crippen LogP contribution in [0.2, 0.25) is 0 Å². The number of carbonyl (C=O) groups excluding carboxylic acids is 1. The van der Waals surface area contributed by atoms with Gasteiger partial charge in [-0.15, -0.1) is 0 Å². The molecule has 1 atom stereocenters. The van der Waals surface area contributed by atoms with E-state index in [1.54, 1.807) is 0 Å². The summed E-state index contributed by atoms with van der Waals surface area (Å²) in [5.74, 6) is -0.516. The van der Waals surface area contributed by atoms with Crippen LogP contribution < -0.4 is 5.73 Å². The molecular weight excluding hydrogens is 318 g/mol. The Hall–Kier alpha value is -1.10. The van der Waals surface area contributed by atoms with Crippen LogP contribution >= 0.6 is 0 Å². The highest BCUT2D eigenvalue weighted by Gasteiger charge is 2.26. The summed E-state index contributed by atoms with van der Waals surface area (Å²) in [5, 5.41) is 8.67. The van der Waals surface area contributed by atoms with Crippen LogP contribution in [0.25, 0.3) is 0 Å². The van der Waals surface area contributed by atoms with Crippen molar-refractivity contribution in [1.82, 2.24) is 0 Å². The summed E-state index contributed by atoms with van der Waals surface area (Å²) in [4.78, 5) is 22.0. The first-order valence-corrected chi connectivity index (χ1v) is 9.94. The Morgan fingerprint density at radius 3 is 2.08 bits per heavy atom. The lowest BCUT2D eigenvalue weighted by Gasteiger charge is -2.30. The Morgan fingerprint density at radius 2 is 1.56 bits per heavy atom. The summed E-state index contributed by atoms with van der Waals surface area (Å²) in [6.45, 7) is 6.07. The van der Waals surface area contributed by atoms with Gasteiger partial charge in [0.2, 0.25) is 0 Å². The number of hydrogen-bond acceptors (Lipinski definition) is 4. The molecule has 25 heavy (non-hydrogen) atoms. The largest absolute Gasteiger partial charge is 0.481 e. The van der Waals surface area contributed by atoms with Gasteiger partial charge in [-0.05, 0) is 32.6 Å². The van der Waals surface area contributed by atoms with Gasteiger partial charge in [0.15, 0.2) is 0 Å². The van der Waals surface area contributed by atoms with Gasteiger partial charge in [-0.1, -0.05) is 64.7 Å². The van der Waals surface area contributed by atoms with Crippen molar-refractivity contribution >= 4 is 11.9 Å². The molecule has 5 heteroatoms. The number of carbonyl (C=O) groups is 2. The van der Waals surface area contributed by atoms with Crippen molar-refractivity contribution in [3.8, 4) is 0 Å². The molecule has 0 aromatic rings. The number of carboxylic acids is 1. The van der Waals surface area contributed by atoms with E-state index in [4.69, 9.17) is 15.6 Å². The lowest BCUT2D eigenvalue weighted by Crippen LogP contribution is -2.33. The first kappa shape index (κ1) is 23.9. The molecule has 0 aromatic carbocycles. The number of unbranched alkanes of at least 4 members (excludes halogenated alkanes) is 6. The molecule has 0 fully saturated rings. The van der Waals surface area contributed by atoms with Gasteiger partial charge in [-0.2, -0.15) is 0 Å². The molecule has 0 aliphatic carbocycles. The second-order valence-electron chi connectivity index (χ2n) is 7.70. The predicted octanol–water partition coefficient (Wildman–Crippen LogP) is 4.67. The van der Waals surface area contributed by atoms with Crippen molar-refractivity contribution in [3.63, 3.8) is 0 Å². The fourth-order valence-corrected chi connectivity index (χ4v) is 3.36. The molecule has 0 saturated carbocycles. The van der Waals surface area contributed by atoms with Gasteiger partial charge in [0.05, 0.1) is 6.54 Å². The van der Waals surface area contributed by atoms with E-state index in [1.165, 1.54) is 32.1 Å². The minimum atomic E-state index is -0.711. The van der Waals surface area contributed by atoms with Gasteiger partial charge in [-0.3, -0.25) is 9.59 Å². The summed E-state index contributed by atoms with van der Waals surface area (Å²) in [6, 6.07) is 0. The van der Waals surface area contributed by atoms with Crippen LogP contribution in [0.4, 0.5) is 0 Å². The fourth-order valence-electron chi connectivity index (χ4n) is 3.36. The zero-order chi connectivity index (χ0) is 19.1. The molecule has 0 rings (SSSR count). The first-order valence-electron chi connectivity index (χ1n) is 9.94. The number of carboxylic acid groups (broad SMARTS) is 1. The Bertz CT molecular complexity index is 369. The molecule has 0 radical (unpaired) electrons. The van der Waals surface area contributed by atoms with Crippen LogP contribution in [-0.4, -0.2) is 29.2 Å². The Morgan fingerprint density at radius 1 is 1.00 bits per heavy atom. The molecule has 148 valence electrons.